The summed E-state index contributed by atoms with van der Waals surface area (Å²) in [5.74, 6) is 0.887. The minimum absolute atomic E-state index is 0.386. The van der Waals surface area contributed by atoms with Gasteiger partial charge in [0.05, 0.1) is 16.2 Å². The van der Waals surface area contributed by atoms with E-state index in [1.54, 1.807) is 12.3 Å². The predicted octanol–water partition coefficient (Wildman–Crippen LogP) is 3.26. The second-order valence-electron chi connectivity index (χ2n) is 6.10. The average Bonchev–Trinajstić information content (AvgIpc) is 2.57. The number of halogens is 1. The fraction of sp³-hybridized carbons (Fsp3) is 0.500. The van der Waals surface area contributed by atoms with Crippen molar-refractivity contribution < 1.29 is 9.31 Å². The van der Waals surface area contributed by atoms with Gasteiger partial charge in [0.2, 0.25) is 0 Å². The molecule has 0 bridgehead atoms. The third kappa shape index (κ3) is 3.39. The number of nitrogens with two attached hydrogens (primary N) is 1. The molecule has 4 nitrogen and oxygen atoms in total. The Morgan fingerprint density at radius 2 is 1.95 bits per heavy atom. The zero-order valence-corrected chi connectivity index (χ0v) is 14.3. The molecule has 1 saturated heterocycles. The highest BCUT2D eigenvalue weighted by molar-refractivity contribution is 7.80. The van der Waals surface area contributed by atoms with Crippen LogP contribution in [0.5, 0.6) is 0 Å². The van der Waals surface area contributed by atoms with E-state index in [0.29, 0.717) is 16.6 Å². The van der Waals surface area contributed by atoms with Crippen LogP contribution in [0.3, 0.4) is 0 Å². The molecule has 0 amide bonds. The molecule has 7 heteroatoms. The van der Waals surface area contributed by atoms with Crippen molar-refractivity contribution in [1.29, 1.82) is 0 Å². The topological polar surface area (TPSA) is 57.4 Å². The van der Waals surface area contributed by atoms with E-state index in [4.69, 9.17) is 26.6 Å². The number of anilines is 1. The van der Waals surface area contributed by atoms with Gasteiger partial charge in [-0.2, -0.15) is 12.6 Å². The van der Waals surface area contributed by atoms with Gasteiger partial charge in [0.1, 0.15) is 5.82 Å². The molecule has 0 spiro atoms. The molecule has 2 rings (SSSR count). The molecule has 0 atom stereocenters. The summed E-state index contributed by atoms with van der Waals surface area (Å²) in [6.07, 6.45) is 3.52. The first-order valence-corrected chi connectivity index (χ1v) is 7.75. The van der Waals surface area contributed by atoms with E-state index in [1.165, 1.54) is 0 Å². The van der Waals surface area contributed by atoms with Crippen LogP contribution in [0.15, 0.2) is 17.7 Å². The summed E-state index contributed by atoms with van der Waals surface area (Å²) in [5.41, 5.74) is 6.49. The van der Waals surface area contributed by atoms with Crippen LogP contribution >= 0.6 is 24.2 Å². The first-order valence-electron chi connectivity index (χ1n) is 6.74. The van der Waals surface area contributed by atoms with E-state index in [-0.39, 0.29) is 11.2 Å². The molecule has 0 aliphatic carbocycles. The van der Waals surface area contributed by atoms with Crippen LogP contribution in [-0.4, -0.2) is 29.1 Å². The standard InChI is InChI=1S/C14H20BClN2O2S/c1-13(2)14(3,4)20-15(19-13)10(8-21)5-9-7-18-12(17)6-11(9)16/h5-7,21H,8H2,1-4H3,(H2,17,18). The van der Waals surface area contributed by atoms with Gasteiger partial charge in [-0.15, -0.1) is 0 Å². The van der Waals surface area contributed by atoms with Gasteiger partial charge in [-0.25, -0.2) is 4.98 Å². The molecule has 0 saturated carbocycles. The number of pyridine rings is 1. The van der Waals surface area contributed by atoms with Crippen molar-refractivity contribution in [2.75, 3.05) is 11.5 Å². The quantitative estimate of drug-likeness (QED) is 0.661. The molecule has 21 heavy (non-hydrogen) atoms. The maximum absolute atomic E-state index is 6.18. The highest BCUT2D eigenvalue weighted by atomic mass is 35.5. The number of nitrogens with zero attached hydrogens (tertiary/aromatic N) is 1. The Bertz CT molecular complexity index is 562. The largest absolute Gasteiger partial charge is 0.491 e. The van der Waals surface area contributed by atoms with Crippen molar-refractivity contribution in [3.63, 3.8) is 0 Å². The smallest absolute Gasteiger partial charge is 0.400 e. The van der Waals surface area contributed by atoms with Gasteiger partial charge in [-0.05, 0) is 39.2 Å². The summed E-state index contributed by atoms with van der Waals surface area (Å²) in [7, 11) is -0.443. The van der Waals surface area contributed by atoms with Crippen molar-refractivity contribution in [2.45, 2.75) is 38.9 Å². The first-order chi connectivity index (χ1) is 9.66. The number of hydrogen-bond acceptors (Lipinski definition) is 5. The minimum Gasteiger partial charge on any atom is -0.400 e. The van der Waals surface area contributed by atoms with E-state index in [1.807, 2.05) is 33.8 Å². The molecular weight excluding hydrogens is 306 g/mol. The van der Waals surface area contributed by atoms with Gasteiger partial charge in [0.15, 0.2) is 0 Å². The van der Waals surface area contributed by atoms with Gasteiger partial charge < -0.3 is 15.0 Å². The van der Waals surface area contributed by atoms with E-state index in [2.05, 4.69) is 17.6 Å². The lowest BCUT2D eigenvalue weighted by Crippen LogP contribution is -2.41. The Hall–Kier alpha value is -0.685. The highest BCUT2D eigenvalue weighted by Gasteiger charge is 2.52. The molecule has 114 valence electrons. The molecule has 2 N–H and O–H groups in total. The Labute approximate surface area is 136 Å². The molecule has 0 unspecified atom stereocenters. The summed E-state index contributed by atoms with van der Waals surface area (Å²) >= 11 is 10.6. The summed E-state index contributed by atoms with van der Waals surface area (Å²) < 4.78 is 12.1. The normalized spacial score (nSPS) is 20.9. The summed E-state index contributed by atoms with van der Waals surface area (Å²) in [6, 6.07) is 1.62. The van der Waals surface area contributed by atoms with Gasteiger partial charge >= 0.3 is 7.12 Å². The molecule has 0 radical (unpaired) electrons. The van der Waals surface area contributed by atoms with E-state index >= 15 is 0 Å². The van der Waals surface area contributed by atoms with Crippen molar-refractivity contribution in [3.05, 3.63) is 28.3 Å². The van der Waals surface area contributed by atoms with Crippen LogP contribution in [0.1, 0.15) is 33.3 Å². The van der Waals surface area contributed by atoms with E-state index in [9.17, 15) is 0 Å². The molecule has 1 aromatic heterocycles. The van der Waals surface area contributed by atoms with Crippen LogP contribution in [0.4, 0.5) is 5.82 Å². The Balaban J connectivity index is 2.31. The van der Waals surface area contributed by atoms with Crippen molar-refractivity contribution >= 4 is 43.2 Å². The fourth-order valence-corrected chi connectivity index (χ4v) is 2.40. The Kier molecular flexibility index (Phi) is 4.64. The molecule has 2 heterocycles. The lowest BCUT2D eigenvalue weighted by atomic mass is 9.78. The van der Waals surface area contributed by atoms with Crippen LogP contribution < -0.4 is 5.73 Å². The molecule has 1 aromatic rings. The number of thiol groups is 1. The van der Waals surface area contributed by atoms with Gasteiger partial charge in [-0.3, -0.25) is 0 Å². The third-order valence-electron chi connectivity index (χ3n) is 3.98. The monoisotopic (exact) mass is 326 g/mol. The van der Waals surface area contributed by atoms with Crippen molar-refractivity contribution in [3.8, 4) is 0 Å². The van der Waals surface area contributed by atoms with Crippen LogP contribution in [0.2, 0.25) is 5.02 Å². The zero-order valence-electron chi connectivity index (χ0n) is 12.7. The lowest BCUT2D eigenvalue weighted by Gasteiger charge is -2.32. The van der Waals surface area contributed by atoms with Crippen molar-refractivity contribution in [1.82, 2.24) is 4.98 Å². The SMILES string of the molecule is CC1(C)OB(C(=Cc2cnc(N)cc2Cl)CS)OC1(C)C. The Morgan fingerprint density at radius 1 is 1.38 bits per heavy atom. The van der Waals surface area contributed by atoms with Crippen LogP contribution in [0.25, 0.3) is 6.08 Å². The van der Waals surface area contributed by atoms with Gasteiger partial charge in [0.25, 0.3) is 0 Å². The second-order valence-corrected chi connectivity index (χ2v) is 6.82. The highest BCUT2D eigenvalue weighted by Crippen LogP contribution is 2.39. The third-order valence-corrected chi connectivity index (χ3v) is 4.68. The van der Waals surface area contributed by atoms with E-state index in [0.717, 1.165) is 11.0 Å². The Morgan fingerprint density at radius 3 is 2.43 bits per heavy atom. The zero-order chi connectivity index (χ0) is 15.8. The average molecular weight is 327 g/mol. The van der Waals surface area contributed by atoms with Gasteiger partial charge in [-0.1, -0.05) is 17.7 Å². The number of aromatic nitrogens is 1. The maximum Gasteiger partial charge on any atom is 0.491 e. The minimum atomic E-state index is -0.443. The van der Waals surface area contributed by atoms with Crippen LogP contribution in [-0.2, 0) is 9.31 Å². The number of nitrogen functional groups attached to an aromatic ring is 1. The molecule has 1 fully saturated rings. The fourth-order valence-electron chi connectivity index (χ4n) is 1.94. The first kappa shape index (κ1) is 16.7. The van der Waals surface area contributed by atoms with E-state index < -0.39 is 7.12 Å². The second kappa shape index (κ2) is 5.84. The maximum atomic E-state index is 6.18. The summed E-state index contributed by atoms with van der Waals surface area (Å²) in [6.45, 7) is 8.06. The van der Waals surface area contributed by atoms with Crippen LogP contribution in [0, 0.1) is 0 Å². The molecular formula is C14H20BClN2O2S. The van der Waals surface area contributed by atoms with Crippen molar-refractivity contribution in [2.24, 2.45) is 0 Å². The summed E-state index contributed by atoms with van der Waals surface area (Å²) in [4.78, 5) is 4.05. The predicted molar refractivity (Wildman–Crippen MR) is 91.6 cm³/mol. The van der Waals surface area contributed by atoms with Gasteiger partial charge in [0, 0.05) is 17.5 Å². The number of rotatable bonds is 3. The summed E-state index contributed by atoms with van der Waals surface area (Å²) in [5, 5.41) is 0.540. The molecule has 1 aliphatic rings. The molecule has 1 aliphatic heterocycles. The molecule has 0 aromatic carbocycles. The lowest BCUT2D eigenvalue weighted by molar-refractivity contribution is 0.00578. The number of hydrogen-bond donors (Lipinski definition) is 2.